The van der Waals surface area contributed by atoms with Gasteiger partial charge in [0.2, 0.25) is 0 Å². The van der Waals surface area contributed by atoms with E-state index >= 15 is 0 Å². The van der Waals surface area contributed by atoms with Crippen LogP contribution >= 0.6 is 11.8 Å². The molecular weight excluding hydrogens is 192 g/mol. The molecule has 0 aliphatic heterocycles. The largest absolute Gasteiger partial charge is 0.335 e. The van der Waals surface area contributed by atoms with E-state index in [0.717, 1.165) is 10.9 Å². The molecule has 0 saturated carbocycles. The van der Waals surface area contributed by atoms with Gasteiger partial charge < -0.3 is 5.32 Å². The number of thioether (sulfide) groups is 1. The lowest BCUT2D eigenvalue weighted by Crippen LogP contribution is -2.07. The first-order chi connectivity index (χ1) is 6.67. The van der Waals surface area contributed by atoms with Crippen molar-refractivity contribution in [1.29, 1.82) is 0 Å². The van der Waals surface area contributed by atoms with Gasteiger partial charge in [-0.25, -0.2) is 0 Å². The molecule has 0 bridgehead atoms. The number of benzene rings is 1. The minimum absolute atomic E-state index is 0.942. The quantitative estimate of drug-likeness (QED) is 0.566. The Morgan fingerprint density at radius 2 is 2.07 bits per heavy atom. The molecule has 14 heavy (non-hydrogen) atoms. The molecule has 0 atom stereocenters. The van der Waals surface area contributed by atoms with E-state index in [0.29, 0.717) is 0 Å². The van der Waals surface area contributed by atoms with Gasteiger partial charge >= 0.3 is 0 Å². The summed E-state index contributed by atoms with van der Waals surface area (Å²) < 4.78 is 0. The van der Waals surface area contributed by atoms with Gasteiger partial charge in [0.1, 0.15) is 0 Å². The van der Waals surface area contributed by atoms with E-state index in [2.05, 4.69) is 42.4 Å². The maximum atomic E-state index is 4.13. The Hall–Kier alpha value is -0.960. The standard InChI is InChI=1S/C11H16N2S/c1-8-5-6-10(9(2)7-8)13-11(12-3)14-4/h5-7H,1-4H3,(H,12,13). The van der Waals surface area contributed by atoms with Crippen LogP contribution in [-0.4, -0.2) is 18.5 Å². The zero-order valence-electron chi connectivity index (χ0n) is 9.09. The molecule has 0 aliphatic rings. The second kappa shape index (κ2) is 5.05. The summed E-state index contributed by atoms with van der Waals surface area (Å²) in [5, 5.41) is 4.23. The number of aliphatic imine (C=N–C) groups is 1. The third-order valence-electron chi connectivity index (χ3n) is 2.02. The predicted octanol–water partition coefficient (Wildman–Crippen LogP) is 3.06. The summed E-state index contributed by atoms with van der Waals surface area (Å²) >= 11 is 1.62. The van der Waals surface area contributed by atoms with Crippen LogP contribution in [0.15, 0.2) is 23.2 Å². The van der Waals surface area contributed by atoms with E-state index < -0.39 is 0 Å². The van der Waals surface area contributed by atoms with Gasteiger partial charge in [-0.1, -0.05) is 29.5 Å². The highest BCUT2D eigenvalue weighted by molar-refractivity contribution is 8.13. The molecule has 0 aliphatic carbocycles. The minimum atomic E-state index is 0.942. The minimum Gasteiger partial charge on any atom is -0.335 e. The van der Waals surface area contributed by atoms with Crippen LogP contribution in [0.3, 0.4) is 0 Å². The van der Waals surface area contributed by atoms with Gasteiger partial charge in [-0.15, -0.1) is 0 Å². The van der Waals surface area contributed by atoms with Crippen LogP contribution in [-0.2, 0) is 0 Å². The first-order valence-electron chi connectivity index (χ1n) is 4.52. The van der Waals surface area contributed by atoms with Crippen LogP contribution < -0.4 is 5.32 Å². The van der Waals surface area contributed by atoms with Crippen LogP contribution in [0, 0.1) is 13.8 Å². The van der Waals surface area contributed by atoms with E-state index in [9.17, 15) is 0 Å². The molecule has 1 N–H and O–H groups in total. The van der Waals surface area contributed by atoms with Crippen molar-refractivity contribution in [2.24, 2.45) is 4.99 Å². The molecule has 3 heteroatoms. The lowest BCUT2D eigenvalue weighted by atomic mass is 10.1. The Balaban J connectivity index is 2.87. The second-order valence-electron chi connectivity index (χ2n) is 3.18. The molecule has 0 saturated heterocycles. The molecule has 0 aromatic heterocycles. The van der Waals surface area contributed by atoms with Crippen molar-refractivity contribution < 1.29 is 0 Å². The van der Waals surface area contributed by atoms with Crippen LogP contribution in [0.5, 0.6) is 0 Å². The summed E-state index contributed by atoms with van der Waals surface area (Å²) in [5.74, 6) is 0. The molecule has 2 nitrogen and oxygen atoms in total. The number of nitrogens with one attached hydrogen (secondary N) is 1. The monoisotopic (exact) mass is 208 g/mol. The summed E-state index contributed by atoms with van der Waals surface area (Å²) in [7, 11) is 1.79. The van der Waals surface area contributed by atoms with Gasteiger partial charge in [0.25, 0.3) is 0 Å². The van der Waals surface area contributed by atoms with Crippen molar-refractivity contribution in [2.75, 3.05) is 18.6 Å². The molecule has 1 aromatic rings. The Bertz CT molecular complexity index is 345. The smallest absolute Gasteiger partial charge is 0.160 e. The maximum Gasteiger partial charge on any atom is 0.160 e. The molecule has 1 rings (SSSR count). The molecule has 76 valence electrons. The lowest BCUT2D eigenvalue weighted by molar-refractivity contribution is 1.37. The SMILES string of the molecule is CN=C(Nc1ccc(C)cc1C)SC. The molecular formula is C11H16N2S. The van der Waals surface area contributed by atoms with E-state index in [1.807, 2.05) is 6.26 Å². The first-order valence-corrected chi connectivity index (χ1v) is 5.75. The zero-order valence-corrected chi connectivity index (χ0v) is 9.90. The fraction of sp³-hybridized carbons (Fsp3) is 0.364. The van der Waals surface area contributed by atoms with Crippen LogP contribution in [0.4, 0.5) is 5.69 Å². The van der Waals surface area contributed by atoms with Crippen molar-refractivity contribution in [3.8, 4) is 0 Å². The van der Waals surface area contributed by atoms with Gasteiger partial charge in [-0.05, 0) is 31.7 Å². The number of rotatable bonds is 1. The zero-order chi connectivity index (χ0) is 10.6. The summed E-state index contributed by atoms with van der Waals surface area (Å²) in [6.45, 7) is 4.20. The van der Waals surface area contributed by atoms with Crippen LogP contribution in [0.2, 0.25) is 0 Å². The number of amidine groups is 1. The molecule has 0 fully saturated rings. The van der Waals surface area contributed by atoms with Gasteiger partial charge in [0.05, 0.1) is 0 Å². The summed E-state index contributed by atoms with van der Waals surface area (Å²) in [6.07, 6.45) is 2.01. The molecule has 1 aromatic carbocycles. The van der Waals surface area contributed by atoms with Gasteiger partial charge in [0, 0.05) is 12.7 Å². The highest BCUT2D eigenvalue weighted by Crippen LogP contribution is 2.17. The topological polar surface area (TPSA) is 24.4 Å². The maximum absolute atomic E-state index is 4.13. The second-order valence-corrected chi connectivity index (χ2v) is 3.97. The first kappa shape index (κ1) is 11.1. The predicted molar refractivity (Wildman–Crippen MR) is 66.4 cm³/mol. The number of hydrogen-bond donors (Lipinski definition) is 1. The van der Waals surface area contributed by atoms with E-state index in [-0.39, 0.29) is 0 Å². The summed E-state index contributed by atoms with van der Waals surface area (Å²) in [6, 6.07) is 6.35. The lowest BCUT2D eigenvalue weighted by Gasteiger charge is -2.10. The van der Waals surface area contributed by atoms with Gasteiger partial charge in [-0.3, -0.25) is 4.99 Å². The highest BCUT2D eigenvalue weighted by atomic mass is 32.2. The molecule has 0 radical (unpaired) electrons. The van der Waals surface area contributed by atoms with Gasteiger partial charge in [-0.2, -0.15) is 0 Å². The fourth-order valence-electron chi connectivity index (χ4n) is 1.27. The Morgan fingerprint density at radius 3 is 2.57 bits per heavy atom. The van der Waals surface area contributed by atoms with Crippen molar-refractivity contribution >= 4 is 22.6 Å². The van der Waals surface area contributed by atoms with Crippen LogP contribution in [0.1, 0.15) is 11.1 Å². The van der Waals surface area contributed by atoms with Crippen molar-refractivity contribution in [1.82, 2.24) is 0 Å². The summed E-state index contributed by atoms with van der Waals surface area (Å²) in [5.41, 5.74) is 3.66. The number of nitrogens with zero attached hydrogens (tertiary/aromatic N) is 1. The third kappa shape index (κ3) is 2.77. The number of anilines is 1. The Kier molecular flexibility index (Phi) is 4.01. The number of hydrogen-bond acceptors (Lipinski definition) is 2. The molecule has 0 unspecified atom stereocenters. The fourth-order valence-corrected chi connectivity index (χ4v) is 1.66. The molecule has 0 heterocycles. The van der Waals surface area contributed by atoms with E-state index in [1.165, 1.54) is 11.1 Å². The molecule has 0 spiro atoms. The highest BCUT2D eigenvalue weighted by Gasteiger charge is 2.00. The van der Waals surface area contributed by atoms with Crippen molar-refractivity contribution in [2.45, 2.75) is 13.8 Å². The van der Waals surface area contributed by atoms with Gasteiger partial charge in [0.15, 0.2) is 5.17 Å². The van der Waals surface area contributed by atoms with Crippen LogP contribution in [0.25, 0.3) is 0 Å². The van der Waals surface area contributed by atoms with Crippen molar-refractivity contribution in [3.05, 3.63) is 29.3 Å². The Morgan fingerprint density at radius 1 is 1.36 bits per heavy atom. The van der Waals surface area contributed by atoms with E-state index in [4.69, 9.17) is 0 Å². The average Bonchev–Trinajstić information content (AvgIpc) is 2.17. The third-order valence-corrected chi connectivity index (χ3v) is 2.69. The van der Waals surface area contributed by atoms with E-state index in [1.54, 1.807) is 18.8 Å². The molecule has 0 amide bonds. The summed E-state index contributed by atoms with van der Waals surface area (Å²) in [4.78, 5) is 4.13. The number of aryl methyl sites for hydroxylation is 2. The average molecular weight is 208 g/mol. The Labute approximate surface area is 89.8 Å². The normalized spacial score (nSPS) is 11.6. The van der Waals surface area contributed by atoms with Crippen molar-refractivity contribution in [3.63, 3.8) is 0 Å².